The number of hydrogen-bond acceptors (Lipinski definition) is 1. The minimum atomic E-state index is 0.924. The molecule has 314 valence electrons. The van der Waals surface area contributed by atoms with Crippen LogP contribution in [-0.4, -0.2) is 9.55 Å². The number of allylic oxidation sites excluding steroid dienone is 3. The Morgan fingerprint density at radius 1 is 0.333 bits per heavy atom. The van der Waals surface area contributed by atoms with Crippen molar-refractivity contribution < 1.29 is 0 Å². The van der Waals surface area contributed by atoms with Crippen molar-refractivity contribution in [3.8, 4) is 83.8 Å². The number of aromatic nitrogens is 2. The van der Waals surface area contributed by atoms with Gasteiger partial charge in [0, 0.05) is 27.6 Å². The Hall–Kier alpha value is -8.59. The second-order valence-corrected chi connectivity index (χ2v) is 16.4. The molecule has 0 unspecified atom stereocenters. The second-order valence-electron chi connectivity index (χ2n) is 16.4. The van der Waals surface area contributed by atoms with Gasteiger partial charge in [-0.05, 0) is 123 Å². The first-order valence-corrected chi connectivity index (χ1v) is 22.5. The number of hydrogen-bond donors (Lipinski definition) is 0. The quantitative estimate of drug-likeness (QED) is 0.132. The Bertz CT molecular complexity index is 3380. The molecule has 0 aliphatic carbocycles. The summed E-state index contributed by atoms with van der Waals surface area (Å²) >= 11 is 0. The van der Waals surface area contributed by atoms with Gasteiger partial charge in [-0.2, -0.15) is 0 Å². The van der Waals surface area contributed by atoms with Gasteiger partial charge in [0.1, 0.15) is 0 Å². The maximum atomic E-state index is 5.35. The van der Waals surface area contributed by atoms with Crippen molar-refractivity contribution in [1.29, 1.82) is 0 Å². The summed E-state index contributed by atoms with van der Waals surface area (Å²) < 4.78 is 2.41. The van der Waals surface area contributed by atoms with Crippen LogP contribution in [0.5, 0.6) is 0 Å². The van der Waals surface area contributed by atoms with Crippen LogP contribution < -0.4 is 0 Å². The molecule has 11 rings (SSSR count). The summed E-state index contributed by atoms with van der Waals surface area (Å²) in [6.45, 7) is 5.42. The molecule has 2 heteroatoms. The van der Waals surface area contributed by atoms with Crippen LogP contribution in [0.2, 0.25) is 0 Å². The van der Waals surface area contributed by atoms with Crippen molar-refractivity contribution in [3.05, 3.63) is 267 Å². The van der Waals surface area contributed by atoms with Crippen LogP contribution in [0, 0.1) is 0 Å². The number of nitrogens with zero attached hydrogens (tertiary/aromatic N) is 2. The van der Waals surface area contributed by atoms with Gasteiger partial charge in [0.2, 0.25) is 0 Å². The summed E-state index contributed by atoms with van der Waals surface area (Å²) in [6.07, 6.45) is 5.58. The molecular formula is C64H48N2. The summed E-state index contributed by atoms with van der Waals surface area (Å²) in [4.78, 5) is 5.35. The highest BCUT2D eigenvalue weighted by molar-refractivity contribution is 6.11. The average Bonchev–Trinajstić information content (AvgIpc) is 3.73. The van der Waals surface area contributed by atoms with Crippen molar-refractivity contribution in [2.75, 3.05) is 0 Å². The highest BCUT2D eigenvalue weighted by Gasteiger charge is 2.17. The summed E-state index contributed by atoms with van der Waals surface area (Å²) in [5, 5.41) is 2.44. The zero-order valence-corrected chi connectivity index (χ0v) is 36.9. The molecule has 2 aromatic heterocycles. The van der Waals surface area contributed by atoms with Gasteiger partial charge in [-0.25, -0.2) is 4.98 Å². The molecule has 9 aromatic carbocycles. The van der Waals surface area contributed by atoms with Crippen LogP contribution in [0.3, 0.4) is 0 Å². The molecule has 0 spiro atoms. The van der Waals surface area contributed by atoms with E-state index in [1.165, 1.54) is 55.3 Å². The summed E-state index contributed by atoms with van der Waals surface area (Å²) in [5.74, 6) is 0. The largest absolute Gasteiger partial charge is 0.309 e. The number of fused-ring (bicyclic) bond motifs is 3. The first-order chi connectivity index (χ1) is 32.6. The monoisotopic (exact) mass is 844 g/mol. The molecule has 0 N–H and O–H groups in total. The van der Waals surface area contributed by atoms with Gasteiger partial charge >= 0.3 is 0 Å². The van der Waals surface area contributed by atoms with Crippen LogP contribution in [-0.2, 0) is 0 Å². The Labute approximate surface area is 387 Å². The van der Waals surface area contributed by atoms with Crippen molar-refractivity contribution in [2.45, 2.75) is 6.92 Å². The number of rotatable bonds is 9. The predicted octanol–water partition coefficient (Wildman–Crippen LogP) is 17.6. The highest BCUT2D eigenvalue weighted by atomic mass is 15.0. The van der Waals surface area contributed by atoms with E-state index in [1.807, 2.05) is 19.1 Å². The van der Waals surface area contributed by atoms with Crippen molar-refractivity contribution in [1.82, 2.24) is 9.55 Å². The minimum Gasteiger partial charge on any atom is -0.309 e. The predicted molar refractivity (Wildman–Crippen MR) is 282 cm³/mol. The van der Waals surface area contributed by atoms with Crippen LogP contribution in [0.4, 0.5) is 0 Å². The fraction of sp³-hybridized carbons (Fsp3) is 0.0156. The van der Waals surface area contributed by atoms with Gasteiger partial charge in [-0.3, -0.25) is 0 Å². The maximum absolute atomic E-state index is 5.35. The van der Waals surface area contributed by atoms with E-state index in [-0.39, 0.29) is 0 Å². The van der Waals surface area contributed by atoms with Crippen LogP contribution in [0.1, 0.15) is 6.92 Å². The molecule has 2 nitrogen and oxygen atoms in total. The van der Waals surface area contributed by atoms with Crippen LogP contribution in [0.25, 0.3) is 106 Å². The molecule has 0 bridgehead atoms. The van der Waals surface area contributed by atoms with Gasteiger partial charge < -0.3 is 4.57 Å². The molecule has 2 heterocycles. The van der Waals surface area contributed by atoms with Gasteiger partial charge in [0.15, 0.2) is 0 Å². The molecule has 0 saturated heterocycles. The first-order valence-electron chi connectivity index (χ1n) is 22.5. The molecule has 0 aliphatic heterocycles. The van der Waals surface area contributed by atoms with Crippen molar-refractivity contribution >= 4 is 21.8 Å². The van der Waals surface area contributed by atoms with Gasteiger partial charge in [-0.1, -0.05) is 207 Å². The zero-order chi connectivity index (χ0) is 44.7. The molecule has 0 radical (unpaired) electrons. The first kappa shape index (κ1) is 41.4. The molecule has 0 fully saturated rings. The Morgan fingerprint density at radius 3 is 1.17 bits per heavy atom. The van der Waals surface area contributed by atoms with Gasteiger partial charge in [-0.15, -0.1) is 0 Å². The van der Waals surface area contributed by atoms with E-state index < -0.39 is 0 Å². The topological polar surface area (TPSA) is 17.8 Å². The zero-order valence-electron chi connectivity index (χ0n) is 36.9. The smallest absolute Gasteiger partial charge is 0.0716 e. The molecule has 0 aliphatic rings. The third-order valence-corrected chi connectivity index (χ3v) is 12.1. The number of benzene rings is 9. The van der Waals surface area contributed by atoms with E-state index in [0.29, 0.717) is 0 Å². The highest BCUT2D eigenvalue weighted by Crippen LogP contribution is 2.39. The maximum Gasteiger partial charge on any atom is 0.0716 e. The fourth-order valence-electron chi connectivity index (χ4n) is 8.85. The average molecular weight is 845 g/mol. The Kier molecular flexibility index (Phi) is 11.9. The Balaban J connectivity index is 0.000000973. The third kappa shape index (κ3) is 8.69. The lowest BCUT2D eigenvalue weighted by molar-refractivity contribution is 1.18. The lowest BCUT2D eigenvalue weighted by Crippen LogP contribution is -1.96. The van der Waals surface area contributed by atoms with E-state index in [9.17, 15) is 0 Å². The lowest BCUT2D eigenvalue weighted by atomic mass is 9.95. The second kappa shape index (κ2) is 19.0. The SMILES string of the molecule is C=C/C=C\C.c1ccc(-c2cccc(-c3cccc(-c4cc(-c5ccccc5)nc(-c5cccc(-n6c7ccc(-c8ccccc8)cc7c7cc(-c8ccccc8)ccc76)c5)c4)c3)c2)cc1. The van der Waals surface area contributed by atoms with Gasteiger partial charge in [0.05, 0.1) is 22.4 Å². The molecule has 0 atom stereocenters. The van der Waals surface area contributed by atoms with Crippen molar-refractivity contribution in [2.24, 2.45) is 0 Å². The molecule has 11 aromatic rings. The fourth-order valence-corrected chi connectivity index (χ4v) is 8.85. The summed E-state index contributed by atoms with van der Waals surface area (Å²) in [7, 11) is 0. The summed E-state index contributed by atoms with van der Waals surface area (Å²) in [6, 6.07) is 87.2. The van der Waals surface area contributed by atoms with Crippen molar-refractivity contribution in [3.63, 3.8) is 0 Å². The lowest BCUT2D eigenvalue weighted by Gasteiger charge is -2.14. The molecular weight excluding hydrogens is 797 g/mol. The van der Waals surface area contributed by atoms with E-state index in [2.05, 4.69) is 254 Å². The summed E-state index contributed by atoms with van der Waals surface area (Å²) in [5.41, 5.74) is 19.3. The van der Waals surface area contributed by atoms with E-state index in [4.69, 9.17) is 4.98 Å². The third-order valence-electron chi connectivity index (χ3n) is 12.1. The standard InChI is InChI=1S/C59H40N2.C5H8/c1-5-16-41(17-6-1)45-24-13-25-46(34-45)47-26-14-27-48(35-47)52-39-56(44-22-11-4-12-23-44)60-57(40-52)51-28-15-29-53(36-51)61-58-32-30-49(42-18-7-2-8-19-42)37-54(58)55-38-50(31-33-59(55)61)43-20-9-3-10-21-43;1-3-5-4-2/h1-40H;3-5H,1H2,2H3/b;5-4-. The van der Waals surface area contributed by atoms with E-state index in [1.54, 1.807) is 6.08 Å². The molecule has 66 heavy (non-hydrogen) atoms. The molecule has 0 amide bonds. The van der Waals surface area contributed by atoms with E-state index >= 15 is 0 Å². The number of pyridine rings is 1. The van der Waals surface area contributed by atoms with Crippen LogP contribution in [0.15, 0.2) is 267 Å². The minimum absolute atomic E-state index is 0.924. The molecule has 0 saturated carbocycles. The normalized spacial score (nSPS) is 11.1. The Morgan fingerprint density at radius 2 is 0.712 bits per heavy atom. The van der Waals surface area contributed by atoms with E-state index in [0.717, 1.165) is 50.4 Å². The van der Waals surface area contributed by atoms with Gasteiger partial charge in [0.25, 0.3) is 0 Å². The van der Waals surface area contributed by atoms with Crippen LogP contribution >= 0.6 is 0 Å².